The van der Waals surface area contributed by atoms with Gasteiger partial charge in [-0.05, 0) is 34.5 Å². The second-order valence-corrected chi connectivity index (χ2v) is 4.80. The van der Waals surface area contributed by atoms with Gasteiger partial charge in [-0.2, -0.15) is 5.10 Å². The standard InChI is InChI=1S/C13H16BrN3/c1-2-7-17-10-11(9-16-17)8-15-13-6-4-3-5-12(13)14/h3-6,9-10,15H,2,7-8H2,1H3. The van der Waals surface area contributed by atoms with Crippen LogP contribution in [0.2, 0.25) is 0 Å². The maximum atomic E-state index is 4.31. The molecule has 0 aliphatic rings. The largest absolute Gasteiger partial charge is 0.380 e. The molecule has 1 N–H and O–H groups in total. The Bertz CT molecular complexity index is 479. The number of benzene rings is 1. The number of para-hydroxylation sites is 1. The summed E-state index contributed by atoms with van der Waals surface area (Å²) in [6, 6.07) is 8.12. The third-order valence-electron chi connectivity index (χ3n) is 2.50. The highest BCUT2D eigenvalue weighted by atomic mass is 79.9. The minimum absolute atomic E-state index is 0.798. The molecule has 0 atom stereocenters. The molecule has 4 heteroatoms. The minimum atomic E-state index is 0.798. The van der Waals surface area contributed by atoms with E-state index in [9.17, 15) is 0 Å². The van der Waals surface area contributed by atoms with Gasteiger partial charge in [0.15, 0.2) is 0 Å². The van der Waals surface area contributed by atoms with Crippen LogP contribution in [0.4, 0.5) is 5.69 Å². The summed E-state index contributed by atoms with van der Waals surface area (Å²) in [6.07, 6.45) is 5.12. The van der Waals surface area contributed by atoms with Crippen molar-refractivity contribution in [1.82, 2.24) is 9.78 Å². The minimum Gasteiger partial charge on any atom is -0.380 e. The molecule has 0 saturated heterocycles. The molecule has 1 heterocycles. The first-order valence-corrected chi connectivity index (χ1v) is 6.58. The van der Waals surface area contributed by atoms with Crippen LogP contribution >= 0.6 is 15.9 Å². The molecule has 90 valence electrons. The summed E-state index contributed by atoms with van der Waals surface area (Å²) >= 11 is 3.52. The smallest absolute Gasteiger partial charge is 0.0539 e. The van der Waals surface area contributed by atoms with Gasteiger partial charge < -0.3 is 5.32 Å². The van der Waals surface area contributed by atoms with Crippen LogP contribution in [0.5, 0.6) is 0 Å². The zero-order valence-corrected chi connectivity index (χ0v) is 11.4. The van der Waals surface area contributed by atoms with E-state index in [1.54, 1.807) is 0 Å². The summed E-state index contributed by atoms with van der Waals surface area (Å²) in [5.41, 5.74) is 2.31. The fourth-order valence-electron chi connectivity index (χ4n) is 1.65. The molecule has 0 aliphatic carbocycles. The maximum absolute atomic E-state index is 4.31. The molecule has 2 rings (SSSR count). The lowest BCUT2D eigenvalue weighted by Gasteiger charge is -2.06. The van der Waals surface area contributed by atoms with Gasteiger partial charge in [0.1, 0.15) is 0 Å². The summed E-state index contributed by atoms with van der Waals surface area (Å²) in [5.74, 6) is 0. The van der Waals surface area contributed by atoms with E-state index in [2.05, 4.69) is 45.5 Å². The molecular weight excluding hydrogens is 278 g/mol. The molecule has 0 saturated carbocycles. The van der Waals surface area contributed by atoms with E-state index in [0.29, 0.717) is 0 Å². The van der Waals surface area contributed by atoms with Crippen molar-refractivity contribution in [3.05, 3.63) is 46.7 Å². The predicted octanol–water partition coefficient (Wildman–Crippen LogP) is 3.67. The fraction of sp³-hybridized carbons (Fsp3) is 0.308. The second kappa shape index (κ2) is 5.87. The highest BCUT2D eigenvalue weighted by Gasteiger charge is 2.00. The van der Waals surface area contributed by atoms with E-state index >= 15 is 0 Å². The Morgan fingerprint density at radius 2 is 2.18 bits per heavy atom. The van der Waals surface area contributed by atoms with Crippen LogP contribution < -0.4 is 5.32 Å². The average Bonchev–Trinajstić information content (AvgIpc) is 2.76. The first-order chi connectivity index (χ1) is 8.29. The van der Waals surface area contributed by atoms with Gasteiger partial charge >= 0.3 is 0 Å². The van der Waals surface area contributed by atoms with Gasteiger partial charge in [-0.15, -0.1) is 0 Å². The number of nitrogens with zero attached hydrogens (tertiary/aromatic N) is 2. The maximum Gasteiger partial charge on any atom is 0.0539 e. The number of aryl methyl sites for hydroxylation is 1. The predicted molar refractivity (Wildman–Crippen MR) is 74.0 cm³/mol. The van der Waals surface area contributed by atoms with E-state index in [4.69, 9.17) is 0 Å². The van der Waals surface area contributed by atoms with Crippen LogP contribution in [-0.2, 0) is 13.1 Å². The van der Waals surface area contributed by atoms with Crippen molar-refractivity contribution < 1.29 is 0 Å². The van der Waals surface area contributed by atoms with Gasteiger partial charge in [0.25, 0.3) is 0 Å². The highest BCUT2D eigenvalue weighted by molar-refractivity contribution is 9.10. The van der Waals surface area contributed by atoms with Crippen LogP contribution in [0.25, 0.3) is 0 Å². The van der Waals surface area contributed by atoms with Gasteiger partial charge in [0, 0.05) is 35.0 Å². The Morgan fingerprint density at radius 1 is 1.35 bits per heavy atom. The normalized spacial score (nSPS) is 10.5. The van der Waals surface area contributed by atoms with Crippen LogP contribution in [0.15, 0.2) is 41.1 Å². The van der Waals surface area contributed by atoms with Crippen LogP contribution in [0, 0.1) is 0 Å². The Kier molecular flexibility index (Phi) is 4.20. The lowest BCUT2D eigenvalue weighted by molar-refractivity contribution is 0.602. The van der Waals surface area contributed by atoms with Gasteiger partial charge in [0.05, 0.1) is 6.20 Å². The van der Waals surface area contributed by atoms with Gasteiger partial charge in [-0.1, -0.05) is 19.1 Å². The van der Waals surface area contributed by atoms with E-state index < -0.39 is 0 Å². The fourth-order valence-corrected chi connectivity index (χ4v) is 2.08. The van der Waals surface area contributed by atoms with Crippen molar-refractivity contribution in [3.63, 3.8) is 0 Å². The Morgan fingerprint density at radius 3 is 2.94 bits per heavy atom. The molecule has 0 bridgehead atoms. The van der Waals surface area contributed by atoms with Crippen LogP contribution in [0.3, 0.4) is 0 Å². The van der Waals surface area contributed by atoms with Crippen molar-refractivity contribution in [2.24, 2.45) is 0 Å². The Hall–Kier alpha value is -1.29. The molecule has 17 heavy (non-hydrogen) atoms. The van der Waals surface area contributed by atoms with E-state index in [-0.39, 0.29) is 0 Å². The molecule has 0 unspecified atom stereocenters. The SMILES string of the molecule is CCCn1cc(CNc2ccccc2Br)cn1. The van der Waals surface area contributed by atoms with E-state index in [0.717, 1.165) is 29.7 Å². The summed E-state index contributed by atoms with van der Waals surface area (Å²) < 4.78 is 3.07. The summed E-state index contributed by atoms with van der Waals surface area (Å²) in [7, 11) is 0. The van der Waals surface area contributed by atoms with Crippen LogP contribution in [-0.4, -0.2) is 9.78 Å². The lowest BCUT2D eigenvalue weighted by Crippen LogP contribution is -1.99. The number of rotatable bonds is 5. The number of aromatic nitrogens is 2. The molecule has 1 aromatic heterocycles. The quantitative estimate of drug-likeness (QED) is 0.912. The summed E-state index contributed by atoms with van der Waals surface area (Å²) in [4.78, 5) is 0. The van der Waals surface area contributed by atoms with E-state index in [1.165, 1.54) is 5.56 Å². The third kappa shape index (κ3) is 3.33. The summed E-state index contributed by atoms with van der Waals surface area (Å²) in [6.45, 7) is 3.93. The first-order valence-electron chi connectivity index (χ1n) is 5.79. The van der Waals surface area contributed by atoms with Crippen molar-refractivity contribution in [3.8, 4) is 0 Å². The molecule has 0 radical (unpaired) electrons. The van der Waals surface area contributed by atoms with Gasteiger partial charge in [-0.25, -0.2) is 0 Å². The molecule has 0 fully saturated rings. The van der Waals surface area contributed by atoms with Crippen molar-refractivity contribution in [2.75, 3.05) is 5.32 Å². The van der Waals surface area contributed by atoms with Gasteiger partial charge in [0.2, 0.25) is 0 Å². The highest BCUT2D eigenvalue weighted by Crippen LogP contribution is 2.21. The monoisotopic (exact) mass is 293 g/mol. The van der Waals surface area contributed by atoms with Gasteiger partial charge in [-0.3, -0.25) is 4.68 Å². The molecule has 0 aliphatic heterocycles. The van der Waals surface area contributed by atoms with Crippen molar-refractivity contribution in [1.29, 1.82) is 0 Å². The molecular formula is C13H16BrN3. The molecule has 1 aromatic carbocycles. The molecule has 2 aromatic rings. The van der Waals surface area contributed by atoms with E-state index in [1.807, 2.05) is 29.1 Å². The second-order valence-electron chi connectivity index (χ2n) is 3.95. The topological polar surface area (TPSA) is 29.9 Å². The molecule has 0 amide bonds. The molecule has 3 nitrogen and oxygen atoms in total. The Labute approximate surface area is 110 Å². The number of anilines is 1. The number of nitrogens with one attached hydrogen (secondary N) is 1. The van der Waals surface area contributed by atoms with Crippen LogP contribution in [0.1, 0.15) is 18.9 Å². The Balaban J connectivity index is 1.95. The number of hydrogen-bond acceptors (Lipinski definition) is 2. The number of halogens is 1. The van der Waals surface area contributed by atoms with Crippen molar-refractivity contribution >= 4 is 21.6 Å². The first kappa shape index (κ1) is 12.2. The zero-order valence-electron chi connectivity index (χ0n) is 9.86. The average molecular weight is 294 g/mol. The number of hydrogen-bond donors (Lipinski definition) is 1. The third-order valence-corrected chi connectivity index (χ3v) is 3.19. The van der Waals surface area contributed by atoms with Crippen molar-refractivity contribution in [2.45, 2.75) is 26.4 Å². The summed E-state index contributed by atoms with van der Waals surface area (Å²) in [5, 5.41) is 7.69. The lowest BCUT2D eigenvalue weighted by atomic mass is 10.3. The molecule has 0 spiro atoms. The zero-order chi connectivity index (χ0) is 12.1.